The molecule has 2 aliphatic heterocycles. The molecule has 4 heterocycles. The molecule has 0 aromatic carbocycles. The monoisotopic (exact) mass is 397 g/mol. The number of aryl methyl sites for hydroxylation is 2. The van der Waals surface area contributed by atoms with Crippen molar-refractivity contribution in [2.75, 3.05) is 32.8 Å². The van der Waals surface area contributed by atoms with E-state index < -0.39 is 0 Å². The molecule has 0 amide bonds. The lowest BCUT2D eigenvalue weighted by atomic mass is 10.00. The molecule has 3 fully saturated rings. The van der Waals surface area contributed by atoms with Crippen molar-refractivity contribution in [3.8, 4) is 17.1 Å². The maximum absolute atomic E-state index is 6.19. The van der Waals surface area contributed by atoms with Gasteiger partial charge in [-0.1, -0.05) is 0 Å². The molecule has 0 bridgehead atoms. The van der Waals surface area contributed by atoms with Gasteiger partial charge in [0.2, 0.25) is 5.88 Å². The van der Waals surface area contributed by atoms with Crippen LogP contribution in [0.1, 0.15) is 31.4 Å². The smallest absolute Gasteiger partial charge is 0.233 e. The molecule has 156 valence electrons. The number of fused-ring (bicyclic) bond motifs is 1. The predicted octanol–water partition coefficient (Wildman–Crippen LogP) is 2.70. The largest absolute Gasteiger partial charge is 0.473 e. The average molecular weight is 398 g/mol. The quantitative estimate of drug-likeness (QED) is 0.773. The summed E-state index contributed by atoms with van der Waals surface area (Å²) in [5.41, 5.74) is 2.82. The van der Waals surface area contributed by atoms with E-state index in [0.29, 0.717) is 5.88 Å². The molecule has 0 spiro atoms. The van der Waals surface area contributed by atoms with Crippen molar-refractivity contribution >= 4 is 0 Å². The van der Waals surface area contributed by atoms with Crippen LogP contribution in [0.5, 0.6) is 5.88 Å². The number of likely N-dealkylation sites (tertiary alicyclic amines) is 1. The average Bonchev–Trinajstić information content (AvgIpc) is 3.36. The van der Waals surface area contributed by atoms with Crippen molar-refractivity contribution in [2.45, 2.75) is 38.7 Å². The van der Waals surface area contributed by atoms with Gasteiger partial charge in [0.15, 0.2) is 0 Å². The fourth-order valence-corrected chi connectivity index (χ4v) is 5.43. The maximum atomic E-state index is 6.19. The van der Waals surface area contributed by atoms with E-state index in [2.05, 4.69) is 20.2 Å². The van der Waals surface area contributed by atoms with Gasteiger partial charge in [-0.3, -0.25) is 4.68 Å². The molecule has 0 N–H and O–H groups in total. The Morgan fingerprint density at radius 2 is 1.86 bits per heavy atom. The zero-order chi connectivity index (χ0) is 19.8. The first-order valence-electron chi connectivity index (χ1n) is 10.9. The van der Waals surface area contributed by atoms with Crippen LogP contribution in [0, 0.1) is 24.7 Å². The van der Waals surface area contributed by atoms with E-state index in [-0.39, 0.29) is 6.10 Å². The molecule has 5 rings (SSSR count). The van der Waals surface area contributed by atoms with Crippen molar-refractivity contribution in [3.05, 3.63) is 24.0 Å². The summed E-state index contributed by atoms with van der Waals surface area (Å²) >= 11 is 0. The third-order valence-corrected chi connectivity index (χ3v) is 6.86. The van der Waals surface area contributed by atoms with Crippen LogP contribution in [0.3, 0.4) is 0 Å². The number of rotatable bonds is 5. The van der Waals surface area contributed by atoms with Crippen LogP contribution in [-0.4, -0.2) is 63.8 Å². The van der Waals surface area contributed by atoms with Crippen LogP contribution in [0.25, 0.3) is 11.3 Å². The highest BCUT2D eigenvalue weighted by molar-refractivity contribution is 5.60. The van der Waals surface area contributed by atoms with Gasteiger partial charge in [0, 0.05) is 57.7 Å². The first-order chi connectivity index (χ1) is 14.1. The van der Waals surface area contributed by atoms with Gasteiger partial charge < -0.3 is 14.4 Å². The van der Waals surface area contributed by atoms with Crippen LogP contribution in [0.15, 0.2) is 18.3 Å². The summed E-state index contributed by atoms with van der Waals surface area (Å²) in [6.07, 6.45) is 6.98. The number of aromatic nitrogens is 4. The molecule has 2 aromatic rings. The van der Waals surface area contributed by atoms with Crippen LogP contribution in [-0.2, 0) is 11.8 Å². The highest BCUT2D eigenvalue weighted by atomic mass is 16.5. The first-order valence-corrected chi connectivity index (χ1v) is 10.9. The van der Waals surface area contributed by atoms with Gasteiger partial charge in [-0.15, -0.1) is 10.2 Å². The standard InChI is InChI=1S/C22H31N5O2/c1-15-20(14-26(2)25-15)21-3-4-22(24-23-21)29-19-9-17-12-27(13-18(17)10-19)11-16-5-7-28-8-6-16/h3-4,14,16-19H,5-13H2,1-2H3/t17-,18+,19?. The van der Waals surface area contributed by atoms with E-state index in [1.54, 1.807) is 4.68 Å². The third-order valence-electron chi connectivity index (χ3n) is 6.86. The normalized spacial score (nSPS) is 28.0. The van der Waals surface area contributed by atoms with Crippen molar-refractivity contribution in [2.24, 2.45) is 24.8 Å². The Morgan fingerprint density at radius 1 is 1.10 bits per heavy atom. The summed E-state index contributed by atoms with van der Waals surface area (Å²) < 4.78 is 13.5. The molecule has 1 aliphatic carbocycles. The zero-order valence-corrected chi connectivity index (χ0v) is 17.5. The number of hydrogen-bond acceptors (Lipinski definition) is 6. The molecular formula is C22H31N5O2. The van der Waals surface area contributed by atoms with Gasteiger partial charge in [0.25, 0.3) is 0 Å². The molecule has 1 unspecified atom stereocenters. The van der Waals surface area contributed by atoms with Gasteiger partial charge in [-0.05, 0) is 56.4 Å². The Labute approximate surface area is 172 Å². The van der Waals surface area contributed by atoms with Gasteiger partial charge >= 0.3 is 0 Å². The van der Waals surface area contributed by atoms with Crippen molar-refractivity contribution in [1.82, 2.24) is 24.9 Å². The molecule has 2 aromatic heterocycles. The molecule has 3 atom stereocenters. The second kappa shape index (κ2) is 8.03. The SMILES string of the molecule is Cc1nn(C)cc1-c1ccc(OC2C[C@@H]3CN(CC4CCOCC4)C[C@@H]3C2)nn1. The van der Waals surface area contributed by atoms with Gasteiger partial charge in [-0.2, -0.15) is 5.10 Å². The molecule has 3 aliphatic rings. The van der Waals surface area contributed by atoms with E-state index in [1.165, 1.54) is 32.5 Å². The zero-order valence-electron chi connectivity index (χ0n) is 17.5. The Kier molecular flexibility index (Phi) is 5.26. The second-order valence-electron chi connectivity index (χ2n) is 9.06. The topological polar surface area (TPSA) is 65.3 Å². The lowest BCUT2D eigenvalue weighted by Gasteiger charge is -2.27. The Balaban J connectivity index is 1.13. The van der Waals surface area contributed by atoms with Crippen LogP contribution >= 0.6 is 0 Å². The molecule has 7 heteroatoms. The van der Waals surface area contributed by atoms with E-state index in [4.69, 9.17) is 9.47 Å². The van der Waals surface area contributed by atoms with E-state index >= 15 is 0 Å². The minimum Gasteiger partial charge on any atom is -0.473 e. The van der Waals surface area contributed by atoms with E-state index in [9.17, 15) is 0 Å². The van der Waals surface area contributed by atoms with Crippen molar-refractivity contribution < 1.29 is 9.47 Å². The Morgan fingerprint density at radius 3 is 2.48 bits per heavy atom. The van der Waals surface area contributed by atoms with Crippen molar-refractivity contribution in [3.63, 3.8) is 0 Å². The Bertz CT molecular complexity index is 816. The van der Waals surface area contributed by atoms with Gasteiger partial charge in [0.1, 0.15) is 6.10 Å². The first kappa shape index (κ1) is 19.0. The second-order valence-corrected chi connectivity index (χ2v) is 9.06. The molecule has 29 heavy (non-hydrogen) atoms. The summed E-state index contributed by atoms with van der Waals surface area (Å²) in [6, 6.07) is 3.93. The molecule has 7 nitrogen and oxygen atoms in total. The number of nitrogens with zero attached hydrogens (tertiary/aromatic N) is 5. The predicted molar refractivity (Wildman–Crippen MR) is 110 cm³/mol. The highest BCUT2D eigenvalue weighted by Crippen LogP contribution is 2.40. The summed E-state index contributed by atoms with van der Waals surface area (Å²) in [4.78, 5) is 2.69. The minimum absolute atomic E-state index is 0.274. The summed E-state index contributed by atoms with van der Waals surface area (Å²) in [6.45, 7) is 7.59. The molecular weight excluding hydrogens is 366 g/mol. The molecule has 1 saturated carbocycles. The molecule has 2 saturated heterocycles. The van der Waals surface area contributed by atoms with Gasteiger partial charge in [0.05, 0.1) is 11.4 Å². The Hall–Kier alpha value is -1.99. The van der Waals surface area contributed by atoms with E-state index in [1.807, 2.05) is 32.3 Å². The maximum Gasteiger partial charge on any atom is 0.233 e. The van der Waals surface area contributed by atoms with Crippen molar-refractivity contribution in [1.29, 1.82) is 0 Å². The molecule has 0 radical (unpaired) electrons. The summed E-state index contributed by atoms with van der Waals surface area (Å²) in [5, 5.41) is 13.1. The summed E-state index contributed by atoms with van der Waals surface area (Å²) in [7, 11) is 1.92. The highest BCUT2D eigenvalue weighted by Gasteiger charge is 2.42. The van der Waals surface area contributed by atoms with Crippen LogP contribution in [0.2, 0.25) is 0 Å². The fourth-order valence-electron chi connectivity index (χ4n) is 5.43. The summed E-state index contributed by atoms with van der Waals surface area (Å²) in [5.74, 6) is 3.00. The third kappa shape index (κ3) is 4.16. The number of hydrogen-bond donors (Lipinski definition) is 0. The number of ether oxygens (including phenoxy) is 2. The van der Waals surface area contributed by atoms with E-state index in [0.717, 1.165) is 60.8 Å². The van der Waals surface area contributed by atoms with Gasteiger partial charge in [-0.25, -0.2) is 0 Å². The lowest BCUT2D eigenvalue weighted by molar-refractivity contribution is 0.0539. The minimum atomic E-state index is 0.274. The lowest BCUT2D eigenvalue weighted by Crippen LogP contribution is -2.32. The fraction of sp³-hybridized carbons (Fsp3) is 0.682. The van der Waals surface area contributed by atoms with Crippen LogP contribution < -0.4 is 4.74 Å². The van der Waals surface area contributed by atoms with Crippen LogP contribution in [0.4, 0.5) is 0 Å².